The highest BCUT2D eigenvalue weighted by Crippen LogP contribution is 2.23. The smallest absolute Gasteiger partial charge is 0.336 e. The number of nitrogens with one attached hydrogen (secondary N) is 1. The summed E-state index contributed by atoms with van der Waals surface area (Å²) < 4.78 is 27.6. The summed E-state index contributed by atoms with van der Waals surface area (Å²) in [6.07, 6.45) is 2.03. The Morgan fingerprint density at radius 2 is 2.05 bits per heavy atom. The Labute approximate surface area is 142 Å². The lowest BCUT2D eigenvalue weighted by Gasteiger charge is -2.21. The summed E-state index contributed by atoms with van der Waals surface area (Å²) >= 11 is 3.77. The fourth-order valence-corrected chi connectivity index (χ4v) is 5.01. The molecule has 0 spiro atoms. The van der Waals surface area contributed by atoms with Crippen molar-refractivity contribution >= 4 is 50.3 Å². The number of carboxylic acids is 1. The molecule has 0 unspecified atom stereocenters. The first-order valence-corrected chi connectivity index (χ1v) is 10.2. The molecule has 0 atom stereocenters. The molecule has 8 heteroatoms. The number of hydrogen-bond donors (Lipinski definition) is 2. The van der Waals surface area contributed by atoms with Gasteiger partial charge in [0.05, 0.1) is 10.5 Å². The third kappa shape index (κ3) is 4.57. The Morgan fingerprint density at radius 3 is 2.67 bits per heavy atom. The van der Waals surface area contributed by atoms with Gasteiger partial charge in [-0.15, -0.1) is 0 Å². The fourth-order valence-electron chi connectivity index (χ4n) is 2.10. The lowest BCUT2D eigenvalue weighted by Crippen LogP contribution is -2.31. The second-order valence-corrected chi connectivity index (χ2v) is 9.01. The maximum absolute atomic E-state index is 12.2. The largest absolute Gasteiger partial charge is 0.478 e. The van der Waals surface area contributed by atoms with Crippen LogP contribution >= 0.6 is 34.4 Å². The molecular weight excluding hydrogens is 425 g/mol. The monoisotopic (exact) mass is 441 g/mol. The zero-order valence-electron chi connectivity index (χ0n) is 11.2. The first-order chi connectivity index (χ1) is 9.90. The van der Waals surface area contributed by atoms with Gasteiger partial charge in [-0.3, -0.25) is 0 Å². The minimum atomic E-state index is -3.66. The second-order valence-electron chi connectivity index (χ2n) is 4.85. The van der Waals surface area contributed by atoms with Crippen LogP contribution in [-0.4, -0.2) is 37.5 Å². The number of hydrogen-bond acceptors (Lipinski definition) is 4. The first kappa shape index (κ1) is 17.0. The van der Waals surface area contributed by atoms with E-state index in [4.69, 9.17) is 5.11 Å². The zero-order valence-corrected chi connectivity index (χ0v) is 15.0. The Balaban J connectivity index is 2.11. The van der Waals surface area contributed by atoms with Gasteiger partial charge in [0.1, 0.15) is 0 Å². The fraction of sp³-hybridized carbons (Fsp3) is 0.462. The van der Waals surface area contributed by atoms with Crippen LogP contribution in [0.25, 0.3) is 0 Å². The molecule has 21 heavy (non-hydrogen) atoms. The number of carboxylic acid groups (broad SMARTS) is 1. The van der Waals surface area contributed by atoms with Crippen molar-refractivity contribution in [2.75, 3.05) is 18.1 Å². The topological polar surface area (TPSA) is 83.5 Å². The van der Waals surface area contributed by atoms with Crippen LogP contribution in [0.1, 0.15) is 23.2 Å². The molecule has 1 aromatic carbocycles. The molecule has 1 aromatic rings. The quantitative estimate of drug-likeness (QED) is 0.686. The minimum Gasteiger partial charge on any atom is -0.478 e. The van der Waals surface area contributed by atoms with Crippen molar-refractivity contribution in [2.24, 2.45) is 5.92 Å². The molecule has 116 valence electrons. The first-order valence-electron chi connectivity index (χ1n) is 6.50. The summed E-state index contributed by atoms with van der Waals surface area (Å²) in [6, 6.07) is 4.16. The van der Waals surface area contributed by atoms with Crippen molar-refractivity contribution in [3.63, 3.8) is 0 Å². The van der Waals surface area contributed by atoms with Crippen LogP contribution in [0.2, 0.25) is 0 Å². The van der Waals surface area contributed by atoms with E-state index in [0.717, 1.165) is 24.3 Å². The van der Waals surface area contributed by atoms with E-state index >= 15 is 0 Å². The van der Waals surface area contributed by atoms with Crippen molar-refractivity contribution in [3.05, 3.63) is 27.3 Å². The predicted octanol–water partition coefficient (Wildman–Crippen LogP) is 2.41. The highest BCUT2D eigenvalue weighted by Gasteiger charge is 2.21. The molecule has 1 heterocycles. The number of thioether (sulfide) groups is 1. The Morgan fingerprint density at radius 1 is 1.38 bits per heavy atom. The van der Waals surface area contributed by atoms with Crippen LogP contribution in [-0.2, 0) is 10.0 Å². The molecule has 0 amide bonds. The molecule has 5 nitrogen and oxygen atoms in total. The van der Waals surface area contributed by atoms with Crippen LogP contribution in [0.4, 0.5) is 0 Å². The number of aromatic carboxylic acids is 1. The second kappa shape index (κ2) is 7.30. The predicted molar refractivity (Wildman–Crippen MR) is 91.4 cm³/mol. The third-order valence-corrected chi connectivity index (χ3v) is 6.79. The normalized spacial score (nSPS) is 16.8. The minimum absolute atomic E-state index is 0.00509. The molecule has 0 bridgehead atoms. The van der Waals surface area contributed by atoms with Gasteiger partial charge in [0.15, 0.2) is 0 Å². The Kier molecular flexibility index (Phi) is 5.92. The highest BCUT2D eigenvalue weighted by molar-refractivity contribution is 14.1. The van der Waals surface area contributed by atoms with Gasteiger partial charge in [-0.2, -0.15) is 11.8 Å². The summed E-state index contributed by atoms with van der Waals surface area (Å²) in [5, 5.41) is 9.07. The molecule has 2 rings (SSSR count). The SMILES string of the molecule is O=C(O)c1cc(S(=O)(=O)NCC2CCSCC2)ccc1I. The standard InChI is InChI=1S/C13H16INO4S2/c14-12-2-1-10(7-11(12)13(16)17)21(18,19)15-8-9-3-5-20-6-4-9/h1-2,7,9,15H,3-6,8H2,(H,16,17). The Hall–Kier alpha value is -0.320. The molecule has 0 aliphatic carbocycles. The number of rotatable bonds is 5. The van der Waals surface area contributed by atoms with E-state index in [1.165, 1.54) is 18.2 Å². The van der Waals surface area contributed by atoms with E-state index in [-0.39, 0.29) is 10.5 Å². The highest BCUT2D eigenvalue weighted by atomic mass is 127. The van der Waals surface area contributed by atoms with Gasteiger partial charge in [0.2, 0.25) is 10.0 Å². The molecular formula is C13H16INO4S2. The van der Waals surface area contributed by atoms with Crippen molar-refractivity contribution < 1.29 is 18.3 Å². The average Bonchev–Trinajstić information content (AvgIpc) is 2.46. The molecule has 0 aromatic heterocycles. The molecule has 2 N–H and O–H groups in total. The van der Waals surface area contributed by atoms with Gasteiger partial charge in [-0.05, 0) is 71.1 Å². The average molecular weight is 441 g/mol. The van der Waals surface area contributed by atoms with Gasteiger partial charge in [0.25, 0.3) is 0 Å². The van der Waals surface area contributed by atoms with Gasteiger partial charge in [0, 0.05) is 10.1 Å². The number of sulfonamides is 1. The van der Waals surface area contributed by atoms with Crippen LogP contribution in [0.15, 0.2) is 23.1 Å². The maximum Gasteiger partial charge on any atom is 0.336 e. The van der Waals surface area contributed by atoms with Crippen LogP contribution in [0, 0.1) is 9.49 Å². The van der Waals surface area contributed by atoms with E-state index < -0.39 is 16.0 Å². The van der Waals surface area contributed by atoms with E-state index in [0.29, 0.717) is 16.0 Å². The summed E-state index contributed by atoms with van der Waals surface area (Å²) in [7, 11) is -3.66. The molecule has 1 saturated heterocycles. The lowest BCUT2D eigenvalue weighted by atomic mass is 10.0. The van der Waals surface area contributed by atoms with E-state index in [9.17, 15) is 13.2 Å². The number of benzene rings is 1. The van der Waals surface area contributed by atoms with E-state index in [1.807, 2.05) is 34.4 Å². The van der Waals surface area contributed by atoms with Crippen LogP contribution in [0.5, 0.6) is 0 Å². The molecule has 1 fully saturated rings. The summed E-state index contributed by atoms with van der Waals surface area (Å²) in [4.78, 5) is 11.1. The molecule has 1 aliphatic rings. The van der Waals surface area contributed by atoms with Crippen molar-refractivity contribution in [2.45, 2.75) is 17.7 Å². The van der Waals surface area contributed by atoms with Gasteiger partial charge in [-0.25, -0.2) is 17.9 Å². The molecule has 0 saturated carbocycles. The van der Waals surface area contributed by atoms with Crippen LogP contribution in [0.3, 0.4) is 0 Å². The molecule has 0 radical (unpaired) electrons. The molecule has 1 aliphatic heterocycles. The zero-order chi connectivity index (χ0) is 15.5. The summed E-state index contributed by atoms with van der Waals surface area (Å²) in [5.41, 5.74) is 0.00698. The number of carbonyl (C=O) groups is 1. The lowest BCUT2D eigenvalue weighted by molar-refractivity contribution is 0.0695. The van der Waals surface area contributed by atoms with Gasteiger partial charge < -0.3 is 5.11 Å². The summed E-state index contributed by atoms with van der Waals surface area (Å²) in [6.45, 7) is 0.414. The van der Waals surface area contributed by atoms with Crippen molar-refractivity contribution in [1.82, 2.24) is 4.72 Å². The Bertz CT molecular complexity index is 627. The van der Waals surface area contributed by atoms with E-state index in [1.54, 1.807) is 0 Å². The van der Waals surface area contributed by atoms with Crippen LogP contribution < -0.4 is 4.72 Å². The maximum atomic E-state index is 12.2. The van der Waals surface area contributed by atoms with E-state index in [2.05, 4.69) is 4.72 Å². The van der Waals surface area contributed by atoms with Crippen molar-refractivity contribution in [1.29, 1.82) is 0 Å². The van der Waals surface area contributed by atoms with Gasteiger partial charge in [-0.1, -0.05) is 0 Å². The number of halogens is 1. The van der Waals surface area contributed by atoms with Crippen molar-refractivity contribution in [3.8, 4) is 0 Å². The van der Waals surface area contributed by atoms with Gasteiger partial charge >= 0.3 is 5.97 Å². The summed E-state index contributed by atoms with van der Waals surface area (Å²) in [5.74, 6) is 1.38. The third-order valence-electron chi connectivity index (χ3n) is 3.38.